The molecule has 15 heavy (non-hydrogen) atoms. The zero-order valence-electron chi connectivity index (χ0n) is 9.37. The summed E-state index contributed by atoms with van der Waals surface area (Å²) >= 11 is 0. The summed E-state index contributed by atoms with van der Waals surface area (Å²) in [5.74, 6) is 0.757. The minimum atomic E-state index is 0.445. The molecular weight excluding hydrogens is 188 g/mol. The normalized spacial score (nSPS) is 11.5. The van der Waals surface area contributed by atoms with Crippen LogP contribution in [0.25, 0.3) is 11.1 Å². The van der Waals surface area contributed by atoms with Crippen LogP contribution in [-0.2, 0) is 6.54 Å². The fourth-order valence-corrected chi connectivity index (χ4v) is 1.50. The summed E-state index contributed by atoms with van der Waals surface area (Å²) in [6.45, 7) is 6.93. The number of fused-ring (bicyclic) bond motifs is 1. The molecule has 0 unspecified atom stereocenters. The van der Waals surface area contributed by atoms with E-state index in [4.69, 9.17) is 4.42 Å². The lowest BCUT2D eigenvalue weighted by Crippen LogP contribution is -2.21. The molecule has 0 amide bonds. The van der Waals surface area contributed by atoms with E-state index >= 15 is 0 Å². The van der Waals surface area contributed by atoms with Gasteiger partial charge in [-0.2, -0.15) is 0 Å². The van der Waals surface area contributed by atoms with E-state index in [0.717, 1.165) is 22.6 Å². The van der Waals surface area contributed by atoms with Crippen molar-refractivity contribution < 1.29 is 4.42 Å². The first-order chi connectivity index (χ1) is 7.16. The predicted molar refractivity (Wildman–Crippen MR) is 60.7 cm³/mol. The molecule has 1 N–H and O–H groups in total. The van der Waals surface area contributed by atoms with Crippen LogP contribution in [0.4, 0.5) is 0 Å². The van der Waals surface area contributed by atoms with E-state index in [2.05, 4.69) is 24.1 Å². The van der Waals surface area contributed by atoms with E-state index in [1.54, 1.807) is 0 Å². The average Bonchev–Trinajstić information content (AvgIpc) is 2.59. The van der Waals surface area contributed by atoms with Gasteiger partial charge in [0.25, 0.3) is 0 Å². The molecule has 80 valence electrons. The van der Waals surface area contributed by atoms with Crippen molar-refractivity contribution in [1.29, 1.82) is 0 Å². The second-order valence-electron chi connectivity index (χ2n) is 4.07. The van der Waals surface area contributed by atoms with Crippen LogP contribution in [0.1, 0.15) is 25.3 Å². The Hall–Kier alpha value is -1.35. The first-order valence-corrected chi connectivity index (χ1v) is 5.25. The Morgan fingerprint density at radius 2 is 2.20 bits per heavy atom. The number of nitrogens with one attached hydrogen (secondary N) is 1. The van der Waals surface area contributed by atoms with Gasteiger partial charge >= 0.3 is 0 Å². The van der Waals surface area contributed by atoms with Crippen molar-refractivity contribution in [3.05, 3.63) is 29.7 Å². The number of nitrogens with zero attached hydrogens (tertiary/aromatic N) is 1. The fourth-order valence-electron chi connectivity index (χ4n) is 1.50. The molecule has 0 saturated carbocycles. The molecule has 2 aromatic rings. The minimum Gasteiger partial charge on any atom is -0.439 e. The number of hydrogen-bond acceptors (Lipinski definition) is 3. The molecule has 0 aliphatic carbocycles. The predicted octanol–water partition coefficient (Wildman–Crippen LogP) is 2.63. The summed E-state index contributed by atoms with van der Waals surface area (Å²) in [7, 11) is 0. The van der Waals surface area contributed by atoms with Crippen LogP contribution < -0.4 is 5.32 Å². The maximum Gasteiger partial charge on any atom is 0.209 e. The maximum absolute atomic E-state index is 5.68. The highest BCUT2D eigenvalue weighted by molar-refractivity contribution is 5.75. The lowest BCUT2D eigenvalue weighted by atomic mass is 10.2. The van der Waals surface area contributed by atoms with Crippen LogP contribution in [0, 0.1) is 6.92 Å². The van der Waals surface area contributed by atoms with E-state index in [0.29, 0.717) is 12.6 Å². The van der Waals surface area contributed by atoms with Crippen molar-refractivity contribution in [3.63, 3.8) is 0 Å². The van der Waals surface area contributed by atoms with Gasteiger partial charge in [0, 0.05) is 6.04 Å². The van der Waals surface area contributed by atoms with Crippen LogP contribution in [0.5, 0.6) is 0 Å². The van der Waals surface area contributed by atoms with Crippen LogP contribution in [0.3, 0.4) is 0 Å². The van der Waals surface area contributed by atoms with Crippen LogP contribution in [0.15, 0.2) is 22.6 Å². The molecule has 0 fully saturated rings. The molecule has 0 saturated heterocycles. The van der Waals surface area contributed by atoms with E-state index in [-0.39, 0.29) is 0 Å². The van der Waals surface area contributed by atoms with Gasteiger partial charge in [0.15, 0.2) is 5.58 Å². The fraction of sp³-hybridized carbons (Fsp3) is 0.417. The van der Waals surface area contributed by atoms with E-state index in [1.165, 1.54) is 0 Å². The summed E-state index contributed by atoms with van der Waals surface area (Å²) in [4.78, 5) is 4.42. The highest BCUT2D eigenvalue weighted by Crippen LogP contribution is 2.18. The van der Waals surface area contributed by atoms with Crippen molar-refractivity contribution >= 4 is 11.1 Å². The monoisotopic (exact) mass is 204 g/mol. The molecule has 1 heterocycles. The Morgan fingerprint density at radius 1 is 1.40 bits per heavy atom. The number of aromatic nitrogens is 1. The van der Waals surface area contributed by atoms with Crippen LogP contribution in [0.2, 0.25) is 0 Å². The Balaban J connectivity index is 2.27. The molecule has 0 bridgehead atoms. The SMILES string of the molecule is Cc1cccc2nc(CNC(C)C)oc12. The maximum atomic E-state index is 5.68. The van der Waals surface area contributed by atoms with E-state index < -0.39 is 0 Å². The summed E-state index contributed by atoms with van der Waals surface area (Å²) < 4.78 is 5.68. The Morgan fingerprint density at radius 3 is 2.87 bits per heavy atom. The Labute approximate surface area is 89.5 Å². The van der Waals surface area contributed by atoms with Crippen LogP contribution >= 0.6 is 0 Å². The first-order valence-electron chi connectivity index (χ1n) is 5.25. The van der Waals surface area contributed by atoms with Crippen molar-refractivity contribution in [2.24, 2.45) is 0 Å². The van der Waals surface area contributed by atoms with Gasteiger partial charge in [0.1, 0.15) is 5.52 Å². The molecule has 2 rings (SSSR count). The summed E-state index contributed by atoms with van der Waals surface area (Å²) in [5.41, 5.74) is 2.98. The minimum absolute atomic E-state index is 0.445. The molecular formula is C12H16N2O. The van der Waals surface area contributed by atoms with Gasteiger partial charge in [-0.15, -0.1) is 0 Å². The standard InChI is InChI=1S/C12H16N2O/c1-8(2)13-7-11-14-10-6-4-5-9(3)12(10)15-11/h4-6,8,13H,7H2,1-3H3. The lowest BCUT2D eigenvalue weighted by Gasteiger charge is -2.03. The molecule has 1 aromatic carbocycles. The Kier molecular flexibility index (Phi) is 2.73. The van der Waals surface area contributed by atoms with Crippen molar-refractivity contribution in [2.75, 3.05) is 0 Å². The third-order valence-corrected chi connectivity index (χ3v) is 2.32. The van der Waals surface area contributed by atoms with E-state index in [1.807, 2.05) is 25.1 Å². The number of hydrogen-bond donors (Lipinski definition) is 1. The zero-order chi connectivity index (χ0) is 10.8. The molecule has 0 radical (unpaired) electrons. The van der Waals surface area contributed by atoms with Crippen LogP contribution in [-0.4, -0.2) is 11.0 Å². The summed E-state index contributed by atoms with van der Waals surface area (Å²) in [6, 6.07) is 6.46. The van der Waals surface area contributed by atoms with Crippen molar-refractivity contribution in [3.8, 4) is 0 Å². The Bertz CT molecular complexity index is 460. The molecule has 0 spiro atoms. The van der Waals surface area contributed by atoms with Gasteiger partial charge in [0.05, 0.1) is 6.54 Å². The lowest BCUT2D eigenvalue weighted by molar-refractivity contribution is 0.472. The van der Waals surface area contributed by atoms with Crippen molar-refractivity contribution in [1.82, 2.24) is 10.3 Å². The molecule has 0 aliphatic rings. The summed E-state index contributed by atoms with van der Waals surface area (Å²) in [5, 5.41) is 3.29. The van der Waals surface area contributed by atoms with Gasteiger partial charge in [-0.25, -0.2) is 4.98 Å². The van der Waals surface area contributed by atoms with E-state index in [9.17, 15) is 0 Å². The van der Waals surface area contributed by atoms with Gasteiger partial charge in [0.2, 0.25) is 5.89 Å². The quantitative estimate of drug-likeness (QED) is 0.835. The third-order valence-electron chi connectivity index (χ3n) is 2.32. The zero-order valence-corrected chi connectivity index (χ0v) is 9.37. The molecule has 3 heteroatoms. The highest BCUT2D eigenvalue weighted by atomic mass is 16.3. The van der Waals surface area contributed by atoms with Gasteiger partial charge in [-0.1, -0.05) is 26.0 Å². The first kappa shape index (κ1) is 10.2. The molecule has 1 aromatic heterocycles. The number of aryl methyl sites for hydroxylation is 1. The average molecular weight is 204 g/mol. The smallest absolute Gasteiger partial charge is 0.209 e. The number of rotatable bonds is 3. The van der Waals surface area contributed by atoms with Crippen molar-refractivity contribution in [2.45, 2.75) is 33.4 Å². The third kappa shape index (κ3) is 2.18. The molecule has 0 aliphatic heterocycles. The second-order valence-corrected chi connectivity index (χ2v) is 4.07. The topological polar surface area (TPSA) is 38.1 Å². The van der Waals surface area contributed by atoms with Gasteiger partial charge in [-0.3, -0.25) is 0 Å². The summed E-state index contributed by atoms with van der Waals surface area (Å²) in [6.07, 6.45) is 0. The highest BCUT2D eigenvalue weighted by Gasteiger charge is 2.07. The molecule has 3 nitrogen and oxygen atoms in total. The largest absolute Gasteiger partial charge is 0.439 e. The van der Waals surface area contributed by atoms with Gasteiger partial charge < -0.3 is 9.73 Å². The molecule has 0 atom stereocenters. The second kappa shape index (κ2) is 4.03. The number of para-hydroxylation sites is 1. The van der Waals surface area contributed by atoms with Gasteiger partial charge in [-0.05, 0) is 18.6 Å². The number of oxazole rings is 1. The number of benzene rings is 1.